The summed E-state index contributed by atoms with van der Waals surface area (Å²) in [5, 5.41) is 10.4. The van der Waals surface area contributed by atoms with Crippen LogP contribution in [0.4, 0.5) is 0 Å². The number of hydrogen-bond donors (Lipinski definition) is 2. The van der Waals surface area contributed by atoms with Crippen molar-refractivity contribution in [2.75, 3.05) is 6.54 Å². The van der Waals surface area contributed by atoms with Crippen LogP contribution in [0.25, 0.3) is 5.82 Å². The van der Waals surface area contributed by atoms with Gasteiger partial charge in [-0.05, 0) is 31.5 Å². The summed E-state index contributed by atoms with van der Waals surface area (Å²) in [6, 6.07) is 5.61. The molecule has 0 radical (unpaired) electrons. The van der Waals surface area contributed by atoms with Crippen molar-refractivity contribution in [2.45, 2.75) is 31.8 Å². The molecule has 1 atom stereocenters. The molecule has 7 heteroatoms. The molecule has 1 unspecified atom stereocenters. The summed E-state index contributed by atoms with van der Waals surface area (Å²) >= 11 is 0. The SMILES string of the molecule is Cl.O=C(NCc1cccnc1-n1cccn1)C1CCCCN1. The minimum atomic E-state index is -0.0661. The van der Waals surface area contributed by atoms with Crippen molar-refractivity contribution in [1.29, 1.82) is 0 Å². The number of nitrogens with zero attached hydrogens (tertiary/aromatic N) is 3. The molecule has 0 spiro atoms. The smallest absolute Gasteiger partial charge is 0.237 e. The van der Waals surface area contributed by atoms with Crippen LogP contribution in [0.1, 0.15) is 24.8 Å². The number of halogens is 1. The molecule has 2 N–H and O–H groups in total. The van der Waals surface area contributed by atoms with E-state index in [1.165, 1.54) is 0 Å². The van der Waals surface area contributed by atoms with Crippen molar-refractivity contribution < 1.29 is 4.79 Å². The van der Waals surface area contributed by atoms with E-state index in [9.17, 15) is 4.79 Å². The fourth-order valence-corrected chi connectivity index (χ4v) is 2.55. The molecule has 2 aromatic heterocycles. The Morgan fingerprint density at radius 2 is 2.27 bits per heavy atom. The standard InChI is InChI=1S/C15H19N5O.ClH/c21-15(13-6-1-2-7-16-13)18-11-12-5-3-8-17-14(12)20-10-4-9-19-20;/h3-5,8-10,13,16H,1-2,6-7,11H2,(H,18,21);1H. The van der Waals surface area contributed by atoms with Gasteiger partial charge >= 0.3 is 0 Å². The molecule has 0 aromatic carbocycles. The molecule has 6 nitrogen and oxygen atoms in total. The number of carbonyl (C=O) groups is 1. The fraction of sp³-hybridized carbons (Fsp3) is 0.400. The van der Waals surface area contributed by atoms with Crippen LogP contribution in [0.15, 0.2) is 36.8 Å². The zero-order valence-corrected chi connectivity index (χ0v) is 13.1. The Kier molecular flexibility index (Phi) is 5.91. The molecule has 0 aliphatic carbocycles. The lowest BCUT2D eigenvalue weighted by Crippen LogP contribution is -2.46. The van der Waals surface area contributed by atoms with Gasteiger partial charge < -0.3 is 10.6 Å². The van der Waals surface area contributed by atoms with Crippen LogP contribution in [0, 0.1) is 0 Å². The van der Waals surface area contributed by atoms with Crippen molar-refractivity contribution in [3.8, 4) is 5.82 Å². The quantitative estimate of drug-likeness (QED) is 0.894. The highest BCUT2D eigenvalue weighted by Crippen LogP contribution is 2.11. The largest absolute Gasteiger partial charge is 0.351 e. The summed E-state index contributed by atoms with van der Waals surface area (Å²) in [5.41, 5.74) is 0.949. The lowest BCUT2D eigenvalue weighted by molar-refractivity contribution is -0.123. The Bertz CT molecular complexity index is 596. The molecule has 3 rings (SSSR count). The normalized spacial score (nSPS) is 17.5. The first-order chi connectivity index (χ1) is 10.3. The van der Waals surface area contributed by atoms with Gasteiger partial charge in [-0.1, -0.05) is 12.5 Å². The second-order valence-corrected chi connectivity index (χ2v) is 5.16. The van der Waals surface area contributed by atoms with E-state index in [0.717, 1.165) is 37.2 Å². The molecule has 0 bridgehead atoms. The van der Waals surface area contributed by atoms with E-state index in [4.69, 9.17) is 0 Å². The highest BCUT2D eigenvalue weighted by atomic mass is 35.5. The summed E-state index contributed by atoms with van der Waals surface area (Å²) in [7, 11) is 0. The Labute approximate surface area is 135 Å². The zero-order chi connectivity index (χ0) is 14.5. The topological polar surface area (TPSA) is 71.8 Å². The first kappa shape index (κ1) is 16.5. The molecule has 0 saturated carbocycles. The van der Waals surface area contributed by atoms with Crippen LogP contribution in [-0.4, -0.2) is 33.3 Å². The third-order valence-corrected chi connectivity index (χ3v) is 3.67. The predicted octanol–water partition coefficient (Wildman–Crippen LogP) is 1.45. The maximum Gasteiger partial charge on any atom is 0.237 e. The number of amides is 1. The molecule has 1 aliphatic rings. The van der Waals surface area contributed by atoms with Gasteiger partial charge in [-0.2, -0.15) is 5.10 Å². The monoisotopic (exact) mass is 321 g/mol. The first-order valence-corrected chi connectivity index (χ1v) is 7.29. The Morgan fingerprint density at radius 3 is 3.00 bits per heavy atom. The van der Waals surface area contributed by atoms with Gasteiger partial charge in [0.1, 0.15) is 0 Å². The molecular formula is C15H20ClN5O. The number of pyridine rings is 1. The second-order valence-electron chi connectivity index (χ2n) is 5.16. The van der Waals surface area contributed by atoms with Gasteiger partial charge in [-0.25, -0.2) is 9.67 Å². The van der Waals surface area contributed by atoms with Crippen LogP contribution in [0.3, 0.4) is 0 Å². The highest BCUT2D eigenvalue weighted by Gasteiger charge is 2.20. The highest BCUT2D eigenvalue weighted by molar-refractivity contribution is 5.85. The van der Waals surface area contributed by atoms with Crippen molar-refractivity contribution in [1.82, 2.24) is 25.4 Å². The van der Waals surface area contributed by atoms with E-state index in [-0.39, 0.29) is 24.4 Å². The third kappa shape index (κ3) is 3.84. The predicted molar refractivity (Wildman–Crippen MR) is 86.1 cm³/mol. The Hall–Kier alpha value is -1.92. The maximum atomic E-state index is 12.2. The minimum Gasteiger partial charge on any atom is -0.351 e. The van der Waals surface area contributed by atoms with Crippen molar-refractivity contribution in [2.24, 2.45) is 0 Å². The van der Waals surface area contributed by atoms with E-state index < -0.39 is 0 Å². The summed E-state index contributed by atoms with van der Waals surface area (Å²) in [6.07, 6.45) is 8.45. The van der Waals surface area contributed by atoms with Gasteiger partial charge in [0, 0.05) is 30.7 Å². The van der Waals surface area contributed by atoms with E-state index in [0.29, 0.717) is 6.54 Å². The number of carbonyl (C=O) groups excluding carboxylic acids is 1. The van der Waals surface area contributed by atoms with Crippen molar-refractivity contribution in [3.05, 3.63) is 42.4 Å². The molecule has 2 aromatic rings. The Balaban J connectivity index is 0.00000176. The molecule has 1 amide bonds. The zero-order valence-electron chi connectivity index (χ0n) is 12.2. The van der Waals surface area contributed by atoms with Crippen LogP contribution in [0.2, 0.25) is 0 Å². The van der Waals surface area contributed by atoms with Gasteiger partial charge in [-0.3, -0.25) is 4.79 Å². The first-order valence-electron chi connectivity index (χ1n) is 7.29. The van der Waals surface area contributed by atoms with Crippen LogP contribution >= 0.6 is 12.4 Å². The summed E-state index contributed by atoms with van der Waals surface area (Å²) in [4.78, 5) is 16.5. The van der Waals surface area contributed by atoms with Gasteiger partial charge in [-0.15, -0.1) is 12.4 Å². The Morgan fingerprint density at radius 1 is 1.36 bits per heavy atom. The third-order valence-electron chi connectivity index (χ3n) is 3.67. The summed E-state index contributed by atoms with van der Waals surface area (Å²) in [5.74, 6) is 0.810. The second kappa shape index (κ2) is 7.91. The number of aromatic nitrogens is 3. The molecular weight excluding hydrogens is 302 g/mol. The van der Waals surface area contributed by atoms with Crippen LogP contribution in [0.5, 0.6) is 0 Å². The summed E-state index contributed by atoms with van der Waals surface area (Å²) < 4.78 is 1.71. The van der Waals surface area contributed by atoms with E-state index in [1.54, 1.807) is 17.1 Å². The molecule has 22 heavy (non-hydrogen) atoms. The lowest BCUT2D eigenvalue weighted by atomic mass is 10.0. The average molecular weight is 322 g/mol. The molecule has 1 saturated heterocycles. The maximum absolute atomic E-state index is 12.2. The van der Waals surface area contributed by atoms with Crippen molar-refractivity contribution >= 4 is 18.3 Å². The van der Waals surface area contributed by atoms with Crippen LogP contribution < -0.4 is 10.6 Å². The minimum absolute atomic E-state index is 0. The average Bonchev–Trinajstić information content (AvgIpc) is 3.08. The molecule has 1 aliphatic heterocycles. The lowest BCUT2D eigenvalue weighted by Gasteiger charge is -2.22. The summed E-state index contributed by atoms with van der Waals surface area (Å²) in [6.45, 7) is 1.38. The molecule has 118 valence electrons. The fourth-order valence-electron chi connectivity index (χ4n) is 2.55. The molecule has 1 fully saturated rings. The van der Waals surface area contributed by atoms with E-state index in [2.05, 4.69) is 20.7 Å². The van der Waals surface area contributed by atoms with Gasteiger partial charge in [0.2, 0.25) is 5.91 Å². The van der Waals surface area contributed by atoms with Gasteiger partial charge in [0.25, 0.3) is 0 Å². The van der Waals surface area contributed by atoms with Crippen LogP contribution in [-0.2, 0) is 11.3 Å². The van der Waals surface area contributed by atoms with Crippen molar-refractivity contribution in [3.63, 3.8) is 0 Å². The number of piperidine rings is 1. The molecule has 3 heterocycles. The van der Waals surface area contributed by atoms with Gasteiger partial charge in [0.15, 0.2) is 5.82 Å². The van der Waals surface area contributed by atoms with E-state index in [1.807, 2.05) is 24.4 Å². The van der Waals surface area contributed by atoms with Gasteiger partial charge in [0.05, 0.1) is 6.04 Å². The van der Waals surface area contributed by atoms with E-state index >= 15 is 0 Å². The number of nitrogens with one attached hydrogen (secondary N) is 2. The number of hydrogen-bond acceptors (Lipinski definition) is 4. The number of rotatable bonds is 4.